The molecule has 0 spiro atoms. The van der Waals surface area contributed by atoms with Gasteiger partial charge in [-0.3, -0.25) is 0 Å². The molecule has 1 saturated heterocycles. The summed E-state index contributed by atoms with van der Waals surface area (Å²) in [5.41, 5.74) is 1.92. The summed E-state index contributed by atoms with van der Waals surface area (Å²) in [6.45, 7) is 6.85. The summed E-state index contributed by atoms with van der Waals surface area (Å²) in [5.74, 6) is 0. The maximum absolute atomic E-state index is 3.67. The molecule has 0 atom stereocenters. The smallest absolute Gasteiger partial charge is 0.0205 e. The van der Waals surface area contributed by atoms with Crippen molar-refractivity contribution >= 4 is 0 Å². The van der Waals surface area contributed by atoms with Gasteiger partial charge in [0, 0.05) is 13.1 Å². The van der Waals surface area contributed by atoms with Gasteiger partial charge >= 0.3 is 0 Å². The van der Waals surface area contributed by atoms with Crippen LogP contribution in [0, 0.1) is 5.41 Å². The second kappa shape index (κ2) is 6.91. The fourth-order valence-electron chi connectivity index (χ4n) is 3.07. The van der Waals surface area contributed by atoms with E-state index < -0.39 is 0 Å². The van der Waals surface area contributed by atoms with Gasteiger partial charge in [0.25, 0.3) is 0 Å². The Morgan fingerprint density at radius 3 is 2.56 bits per heavy atom. The van der Waals surface area contributed by atoms with Crippen molar-refractivity contribution < 1.29 is 0 Å². The lowest BCUT2D eigenvalue weighted by atomic mass is 9.75. The molecule has 2 rings (SSSR count). The van der Waals surface area contributed by atoms with Crippen molar-refractivity contribution in [2.45, 2.75) is 39.2 Å². The van der Waals surface area contributed by atoms with Crippen LogP contribution in [0.4, 0.5) is 0 Å². The zero-order valence-electron chi connectivity index (χ0n) is 11.5. The van der Waals surface area contributed by atoms with Crippen LogP contribution in [-0.2, 0) is 6.54 Å². The maximum Gasteiger partial charge on any atom is 0.0205 e. The van der Waals surface area contributed by atoms with Crippen molar-refractivity contribution in [1.29, 1.82) is 0 Å². The van der Waals surface area contributed by atoms with Crippen LogP contribution >= 0.6 is 0 Å². The quantitative estimate of drug-likeness (QED) is 0.806. The minimum Gasteiger partial charge on any atom is -0.317 e. The molecule has 2 nitrogen and oxygen atoms in total. The maximum atomic E-state index is 3.67. The summed E-state index contributed by atoms with van der Waals surface area (Å²) in [4.78, 5) is 0. The molecule has 100 valence electrons. The molecule has 0 unspecified atom stereocenters. The van der Waals surface area contributed by atoms with Crippen molar-refractivity contribution in [2.24, 2.45) is 5.41 Å². The summed E-state index contributed by atoms with van der Waals surface area (Å²) in [5, 5.41) is 7.15. The predicted octanol–water partition coefficient (Wildman–Crippen LogP) is 2.95. The summed E-state index contributed by atoms with van der Waals surface area (Å²) in [6, 6.07) is 10.7. The molecule has 1 aromatic rings. The van der Waals surface area contributed by atoms with Gasteiger partial charge in [0.2, 0.25) is 0 Å². The van der Waals surface area contributed by atoms with Gasteiger partial charge in [0.1, 0.15) is 0 Å². The van der Waals surface area contributed by atoms with Crippen molar-refractivity contribution in [3.05, 3.63) is 35.9 Å². The number of hydrogen-bond acceptors (Lipinski definition) is 2. The first-order valence-corrected chi connectivity index (χ1v) is 7.30. The molecule has 1 heterocycles. The Labute approximate surface area is 111 Å². The average molecular weight is 246 g/mol. The Hall–Kier alpha value is -0.860. The summed E-state index contributed by atoms with van der Waals surface area (Å²) in [6.07, 6.45) is 5.30. The molecule has 18 heavy (non-hydrogen) atoms. The fourth-order valence-corrected chi connectivity index (χ4v) is 3.07. The van der Waals surface area contributed by atoms with E-state index in [0.29, 0.717) is 5.41 Å². The van der Waals surface area contributed by atoms with Gasteiger partial charge in [0.05, 0.1) is 0 Å². The van der Waals surface area contributed by atoms with Crippen molar-refractivity contribution in [2.75, 3.05) is 19.6 Å². The van der Waals surface area contributed by atoms with E-state index in [4.69, 9.17) is 0 Å². The fraction of sp³-hybridized carbons (Fsp3) is 0.625. The highest BCUT2D eigenvalue weighted by molar-refractivity contribution is 5.14. The van der Waals surface area contributed by atoms with Gasteiger partial charge in [-0.05, 0) is 43.3 Å². The molecule has 0 bridgehead atoms. The molecule has 1 aliphatic rings. The second-order valence-corrected chi connectivity index (χ2v) is 5.59. The van der Waals surface area contributed by atoms with Gasteiger partial charge in [0.15, 0.2) is 0 Å². The molecule has 0 amide bonds. The first-order chi connectivity index (χ1) is 8.85. The Kier molecular flexibility index (Phi) is 5.21. The van der Waals surface area contributed by atoms with Gasteiger partial charge in [-0.15, -0.1) is 0 Å². The van der Waals surface area contributed by atoms with Crippen LogP contribution in [0.3, 0.4) is 0 Å². The third kappa shape index (κ3) is 3.82. The topological polar surface area (TPSA) is 24.1 Å². The molecule has 2 N–H and O–H groups in total. The zero-order chi connectivity index (χ0) is 12.7. The van der Waals surface area contributed by atoms with E-state index in [2.05, 4.69) is 47.9 Å². The van der Waals surface area contributed by atoms with Crippen LogP contribution in [0.25, 0.3) is 0 Å². The van der Waals surface area contributed by atoms with Crippen molar-refractivity contribution in [3.8, 4) is 0 Å². The number of benzene rings is 1. The van der Waals surface area contributed by atoms with E-state index in [9.17, 15) is 0 Å². The largest absolute Gasteiger partial charge is 0.317 e. The minimum atomic E-state index is 0.536. The van der Waals surface area contributed by atoms with Crippen LogP contribution in [-0.4, -0.2) is 19.6 Å². The van der Waals surface area contributed by atoms with Gasteiger partial charge in [-0.2, -0.15) is 0 Å². The molecule has 0 radical (unpaired) electrons. The lowest BCUT2D eigenvalue weighted by molar-refractivity contribution is 0.176. The summed E-state index contributed by atoms with van der Waals surface area (Å²) >= 11 is 0. The van der Waals surface area contributed by atoms with Crippen LogP contribution in [0.1, 0.15) is 38.2 Å². The molecule has 1 aliphatic heterocycles. The van der Waals surface area contributed by atoms with E-state index in [1.54, 1.807) is 0 Å². The van der Waals surface area contributed by atoms with E-state index >= 15 is 0 Å². The number of hydrogen-bond donors (Lipinski definition) is 2. The highest BCUT2D eigenvalue weighted by atomic mass is 14.9. The number of piperidine rings is 1. The van der Waals surface area contributed by atoms with E-state index in [-0.39, 0.29) is 0 Å². The number of rotatable bonds is 6. The van der Waals surface area contributed by atoms with E-state index in [0.717, 1.165) is 13.1 Å². The molecule has 0 aliphatic carbocycles. The van der Waals surface area contributed by atoms with Crippen LogP contribution in [0.2, 0.25) is 0 Å². The lowest BCUT2D eigenvalue weighted by Gasteiger charge is -2.38. The van der Waals surface area contributed by atoms with Crippen molar-refractivity contribution in [3.63, 3.8) is 0 Å². The molecular weight excluding hydrogens is 220 g/mol. The molecule has 2 heteroatoms. The Morgan fingerprint density at radius 1 is 1.17 bits per heavy atom. The molecule has 0 aromatic heterocycles. The lowest BCUT2D eigenvalue weighted by Crippen LogP contribution is -2.43. The third-order valence-electron chi connectivity index (χ3n) is 4.12. The predicted molar refractivity (Wildman–Crippen MR) is 77.6 cm³/mol. The average Bonchev–Trinajstić information content (AvgIpc) is 2.41. The monoisotopic (exact) mass is 246 g/mol. The number of nitrogens with one attached hydrogen (secondary N) is 2. The van der Waals surface area contributed by atoms with Gasteiger partial charge < -0.3 is 10.6 Å². The highest BCUT2D eigenvalue weighted by Gasteiger charge is 2.30. The Balaban J connectivity index is 1.82. The highest BCUT2D eigenvalue weighted by Crippen LogP contribution is 2.33. The van der Waals surface area contributed by atoms with Crippen LogP contribution in [0.15, 0.2) is 30.3 Å². The SMILES string of the molecule is CCCC1(CNCc2ccccc2)CCNCC1. The summed E-state index contributed by atoms with van der Waals surface area (Å²) < 4.78 is 0. The van der Waals surface area contributed by atoms with Gasteiger partial charge in [-0.25, -0.2) is 0 Å². The standard InChI is InChI=1S/C16H26N2/c1-2-8-16(9-11-17-12-10-16)14-18-13-15-6-4-3-5-7-15/h3-7,17-18H,2,8-14H2,1H3. The normalized spacial score (nSPS) is 18.7. The van der Waals surface area contributed by atoms with Crippen LogP contribution < -0.4 is 10.6 Å². The Bertz CT molecular complexity index is 323. The molecule has 1 aromatic carbocycles. The molecular formula is C16H26N2. The Morgan fingerprint density at radius 2 is 1.89 bits per heavy atom. The van der Waals surface area contributed by atoms with Gasteiger partial charge in [-0.1, -0.05) is 43.7 Å². The van der Waals surface area contributed by atoms with Crippen LogP contribution in [0.5, 0.6) is 0 Å². The summed E-state index contributed by atoms with van der Waals surface area (Å²) in [7, 11) is 0. The van der Waals surface area contributed by atoms with E-state index in [1.807, 2.05) is 0 Å². The minimum absolute atomic E-state index is 0.536. The first-order valence-electron chi connectivity index (χ1n) is 7.30. The second-order valence-electron chi connectivity index (χ2n) is 5.59. The molecule has 1 fully saturated rings. The third-order valence-corrected chi connectivity index (χ3v) is 4.12. The van der Waals surface area contributed by atoms with E-state index in [1.165, 1.54) is 44.3 Å². The molecule has 0 saturated carbocycles. The zero-order valence-corrected chi connectivity index (χ0v) is 11.5. The van der Waals surface area contributed by atoms with Crippen molar-refractivity contribution in [1.82, 2.24) is 10.6 Å². The first kappa shape index (κ1) is 13.6.